The van der Waals surface area contributed by atoms with E-state index in [1.807, 2.05) is 30.5 Å². The summed E-state index contributed by atoms with van der Waals surface area (Å²) < 4.78 is 0. The largest absolute Gasteiger partial charge is 0.316 e. The van der Waals surface area contributed by atoms with Crippen molar-refractivity contribution in [3.63, 3.8) is 0 Å². The highest BCUT2D eigenvalue weighted by atomic mass is 35.5. The van der Waals surface area contributed by atoms with E-state index in [0.29, 0.717) is 5.02 Å². The van der Waals surface area contributed by atoms with Crippen LogP contribution in [-0.2, 0) is 0 Å². The Kier molecular flexibility index (Phi) is 3.62. The number of rotatable bonds is 3. The first-order valence-electron chi connectivity index (χ1n) is 5.98. The summed E-state index contributed by atoms with van der Waals surface area (Å²) in [4.78, 5) is 13.1. The molecule has 0 unspecified atom stereocenters. The molecule has 0 atom stereocenters. The second kappa shape index (κ2) is 5.56. The molecule has 3 aromatic heterocycles. The molecule has 0 radical (unpaired) electrons. The molecule has 0 spiro atoms. The summed E-state index contributed by atoms with van der Waals surface area (Å²) in [5.41, 5.74) is 2.70. The van der Waals surface area contributed by atoms with Crippen molar-refractivity contribution in [3.05, 3.63) is 52.6 Å². The average molecular weight is 303 g/mol. The number of hydrogen-bond acceptors (Lipinski definition) is 5. The highest BCUT2D eigenvalue weighted by Crippen LogP contribution is 2.26. The van der Waals surface area contributed by atoms with Crippen LogP contribution in [0.2, 0.25) is 5.02 Å². The van der Waals surface area contributed by atoms with Gasteiger partial charge in [0, 0.05) is 17.8 Å². The van der Waals surface area contributed by atoms with Crippen molar-refractivity contribution in [3.8, 4) is 11.4 Å². The molecule has 0 aliphatic rings. The van der Waals surface area contributed by atoms with Crippen LogP contribution in [0, 0.1) is 6.92 Å². The third kappa shape index (κ3) is 2.79. The summed E-state index contributed by atoms with van der Waals surface area (Å²) in [5, 5.41) is 6.58. The number of pyridine rings is 2. The van der Waals surface area contributed by atoms with Crippen molar-refractivity contribution < 1.29 is 0 Å². The summed E-state index contributed by atoms with van der Waals surface area (Å²) in [6.45, 7) is 2.00. The van der Waals surface area contributed by atoms with E-state index < -0.39 is 0 Å². The Labute approximate surface area is 125 Å². The highest BCUT2D eigenvalue weighted by Gasteiger charge is 2.07. The molecule has 0 fully saturated rings. The molecule has 20 heavy (non-hydrogen) atoms. The Bertz CT molecular complexity index is 724. The molecule has 3 rings (SSSR count). The molecule has 3 heterocycles. The maximum atomic E-state index is 5.83. The molecule has 0 saturated heterocycles. The fourth-order valence-electron chi connectivity index (χ4n) is 1.69. The summed E-state index contributed by atoms with van der Waals surface area (Å²) in [6.07, 6.45) is 3.37. The van der Waals surface area contributed by atoms with Crippen LogP contribution in [0.25, 0.3) is 11.4 Å². The molecular formula is C14H11ClN4S. The molecule has 3 aromatic rings. The van der Waals surface area contributed by atoms with Gasteiger partial charge in [0.25, 0.3) is 0 Å². The number of aryl methyl sites for hydroxylation is 1. The fraction of sp³-hybridized carbons (Fsp3) is 0.0714. The predicted octanol–water partition coefficient (Wildman–Crippen LogP) is 4.31. The van der Waals surface area contributed by atoms with E-state index in [0.717, 1.165) is 27.9 Å². The van der Waals surface area contributed by atoms with Crippen molar-refractivity contribution >= 4 is 33.9 Å². The first-order valence-corrected chi connectivity index (χ1v) is 7.24. The van der Waals surface area contributed by atoms with E-state index in [1.54, 1.807) is 18.5 Å². The Balaban J connectivity index is 1.84. The molecule has 100 valence electrons. The Morgan fingerprint density at radius 1 is 1.15 bits per heavy atom. The number of nitrogens with one attached hydrogen (secondary N) is 1. The lowest BCUT2D eigenvalue weighted by Gasteiger charge is -2.03. The van der Waals surface area contributed by atoms with Gasteiger partial charge in [-0.15, -0.1) is 11.3 Å². The second-order valence-corrected chi connectivity index (χ2v) is 5.49. The summed E-state index contributed by atoms with van der Waals surface area (Å²) in [6, 6.07) is 7.57. The van der Waals surface area contributed by atoms with Crippen molar-refractivity contribution in [2.24, 2.45) is 0 Å². The lowest BCUT2D eigenvalue weighted by atomic mass is 10.3. The second-order valence-electron chi connectivity index (χ2n) is 4.19. The Hall–Kier alpha value is -1.98. The monoisotopic (exact) mass is 302 g/mol. The average Bonchev–Trinajstić information content (AvgIpc) is 2.91. The normalized spacial score (nSPS) is 10.5. The molecule has 0 saturated carbocycles. The topological polar surface area (TPSA) is 50.7 Å². The van der Waals surface area contributed by atoms with Gasteiger partial charge in [-0.3, -0.25) is 4.98 Å². The summed E-state index contributed by atoms with van der Waals surface area (Å²) in [7, 11) is 0. The van der Waals surface area contributed by atoms with Gasteiger partial charge < -0.3 is 5.32 Å². The fourth-order valence-corrected chi connectivity index (χ4v) is 2.51. The van der Waals surface area contributed by atoms with E-state index in [9.17, 15) is 0 Å². The van der Waals surface area contributed by atoms with E-state index >= 15 is 0 Å². The number of hydrogen-bond donors (Lipinski definition) is 1. The van der Waals surface area contributed by atoms with Crippen molar-refractivity contribution in [1.82, 2.24) is 15.0 Å². The molecule has 1 N–H and O–H groups in total. The minimum absolute atomic E-state index is 0.617. The maximum Gasteiger partial charge on any atom is 0.188 e. The number of halogens is 1. The van der Waals surface area contributed by atoms with Gasteiger partial charge in [-0.25, -0.2) is 9.97 Å². The first kappa shape index (κ1) is 13.0. The predicted molar refractivity (Wildman–Crippen MR) is 82.6 cm³/mol. The quantitative estimate of drug-likeness (QED) is 0.783. The van der Waals surface area contributed by atoms with Gasteiger partial charge in [0.05, 0.1) is 10.7 Å². The lowest BCUT2D eigenvalue weighted by Crippen LogP contribution is -1.95. The number of anilines is 2. The standard InChI is InChI=1S/C14H11ClN4S/c1-9-3-2-6-16-13(9)19-14-18-12(8-20-14)11-5-4-10(15)7-17-11/h2-8H,1H3,(H,16,18,19). The third-order valence-electron chi connectivity index (χ3n) is 2.73. The van der Waals surface area contributed by atoms with Crippen LogP contribution in [-0.4, -0.2) is 15.0 Å². The number of thiazole rings is 1. The van der Waals surface area contributed by atoms with E-state index in [-0.39, 0.29) is 0 Å². The van der Waals surface area contributed by atoms with Crippen LogP contribution in [0.5, 0.6) is 0 Å². The van der Waals surface area contributed by atoms with Crippen LogP contribution in [0.3, 0.4) is 0 Å². The van der Waals surface area contributed by atoms with E-state index in [2.05, 4.69) is 20.3 Å². The van der Waals surface area contributed by atoms with Gasteiger partial charge in [-0.2, -0.15) is 0 Å². The zero-order chi connectivity index (χ0) is 13.9. The van der Waals surface area contributed by atoms with Gasteiger partial charge in [0.15, 0.2) is 5.13 Å². The minimum Gasteiger partial charge on any atom is -0.316 e. The molecule has 0 amide bonds. The molecule has 0 bridgehead atoms. The molecular weight excluding hydrogens is 292 g/mol. The van der Waals surface area contributed by atoms with E-state index in [1.165, 1.54) is 11.3 Å². The Morgan fingerprint density at radius 3 is 2.80 bits per heavy atom. The van der Waals surface area contributed by atoms with E-state index in [4.69, 9.17) is 11.6 Å². The number of aromatic nitrogens is 3. The third-order valence-corrected chi connectivity index (χ3v) is 3.71. The zero-order valence-electron chi connectivity index (χ0n) is 10.7. The molecule has 4 nitrogen and oxygen atoms in total. The van der Waals surface area contributed by atoms with Gasteiger partial charge in [0.1, 0.15) is 11.5 Å². The van der Waals surface area contributed by atoms with Crippen molar-refractivity contribution in [1.29, 1.82) is 0 Å². The molecule has 0 aliphatic carbocycles. The van der Waals surface area contributed by atoms with Gasteiger partial charge in [0.2, 0.25) is 0 Å². The van der Waals surface area contributed by atoms with Gasteiger partial charge in [-0.1, -0.05) is 17.7 Å². The first-order chi connectivity index (χ1) is 9.72. The lowest BCUT2D eigenvalue weighted by molar-refractivity contribution is 1.23. The van der Waals surface area contributed by atoms with Crippen LogP contribution < -0.4 is 5.32 Å². The zero-order valence-corrected chi connectivity index (χ0v) is 12.2. The number of nitrogens with zero attached hydrogens (tertiary/aromatic N) is 3. The maximum absolute atomic E-state index is 5.83. The van der Waals surface area contributed by atoms with Crippen molar-refractivity contribution in [2.75, 3.05) is 5.32 Å². The Morgan fingerprint density at radius 2 is 2.05 bits per heavy atom. The van der Waals surface area contributed by atoms with Crippen LogP contribution in [0.15, 0.2) is 42.0 Å². The van der Waals surface area contributed by atoms with Crippen molar-refractivity contribution in [2.45, 2.75) is 6.92 Å². The van der Waals surface area contributed by atoms with Gasteiger partial charge >= 0.3 is 0 Å². The smallest absolute Gasteiger partial charge is 0.188 e. The summed E-state index contributed by atoms with van der Waals surface area (Å²) in [5.74, 6) is 0.817. The molecule has 6 heteroatoms. The summed E-state index contributed by atoms with van der Waals surface area (Å²) >= 11 is 7.35. The van der Waals surface area contributed by atoms with Crippen LogP contribution >= 0.6 is 22.9 Å². The SMILES string of the molecule is Cc1cccnc1Nc1nc(-c2ccc(Cl)cn2)cs1. The van der Waals surface area contributed by atoms with Crippen LogP contribution in [0.1, 0.15) is 5.56 Å². The van der Waals surface area contributed by atoms with Gasteiger partial charge in [-0.05, 0) is 30.7 Å². The molecule has 0 aliphatic heterocycles. The van der Waals surface area contributed by atoms with Crippen LogP contribution in [0.4, 0.5) is 10.9 Å². The minimum atomic E-state index is 0.617. The molecule has 0 aromatic carbocycles. The highest BCUT2D eigenvalue weighted by molar-refractivity contribution is 7.14.